The molecular formula is C12H16N4O. The number of fused-ring (bicyclic) bond motifs is 1. The van der Waals surface area contributed by atoms with E-state index in [0.29, 0.717) is 0 Å². The fourth-order valence-electron chi connectivity index (χ4n) is 2.23. The zero-order valence-electron chi connectivity index (χ0n) is 10.0. The number of nitrogens with one attached hydrogen (secondary N) is 1. The highest BCUT2D eigenvalue weighted by molar-refractivity contribution is 5.87. The van der Waals surface area contributed by atoms with Crippen molar-refractivity contribution in [2.45, 2.75) is 31.9 Å². The lowest BCUT2D eigenvalue weighted by atomic mass is 9.89. The number of hydrogen-bond donors (Lipinski definition) is 2. The van der Waals surface area contributed by atoms with E-state index in [2.05, 4.69) is 19.9 Å². The maximum Gasteiger partial charge on any atom is 0.154 e. The summed E-state index contributed by atoms with van der Waals surface area (Å²) in [5.74, 6) is 0.814. The third-order valence-electron chi connectivity index (χ3n) is 3.62. The van der Waals surface area contributed by atoms with Gasteiger partial charge < -0.3 is 15.0 Å². The van der Waals surface area contributed by atoms with Crippen LogP contribution >= 0.6 is 0 Å². The van der Waals surface area contributed by atoms with Gasteiger partial charge in [-0.25, -0.2) is 9.97 Å². The number of aliphatic hydroxyl groups is 1. The molecule has 0 bridgehead atoms. The van der Waals surface area contributed by atoms with E-state index in [1.807, 2.05) is 20.0 Å². The molecule has 90 valence electrons. The molecule has 5 nitrogen and oxygen atoms in total. The minimum atomic E-state index is -0.249. The van der Waals surface area contributed by atoms with Crippen molar-refractivity contribution < 1.29 is 5.11 Å². The number of aliphatic hydroxyl groups excluding tert-OH is 1. The molecule has 0 amide bonds. The van der Waals surface area contributed by atoms with Crippen LogP contribution in [0.15, 0.2) is 12.4 Å². The van der Waals surface area contributed by atoms with Crippen molar-refractivity contribution in [2.24, 2.45) is 7.05 Å². The average molecular weight is 232 g/mol. The molecule has 1 fully saturated rings. The Morgan fingerprint density at radius 1 is 1.41 bits per heavy atom. The lowest BCUT2D eigenvalue weighted by molar-refractivity contribution is 0.0785. The second-order valence-corrected chi connectivity index (χ2v) is 4.70. The van der Waals surface area contributed by atoms with Gasteiger partial charge in [-0.05, 0) is 25.8 Å². The molecule has 0 saturated heterocycles. The summed E-state index contributed by atoms with van der Waals surface area (Å²) in [6, 6.07) is 2.17. The Hall–Kier alpha value is -1.62. The first-order valence-electron chi connectivity index (χ1n) is 5.88. The maximum atomic E-state index is 9.60. The normalized spacial score (nSPS) is 23.7. The molecule has 3 rings (SSSR count). The van der Waals surface area contributed by atoms with Crippen molar-refractivity contribution in [2.75, 3.05) is 5.32 Å². The largest absolute Gasteiger partial charge is 0.391 e. The van der Waals surface area contributed by atoms with Crippen LogP contribution in [-0.2, 0) is 7.05 Å². The van der Waals surface area contributed by atoms with Crippen LogP contribution < -0.4 is 5.32 Å². The fourth-order valence-corrected chi connectivity index (χ4v) is 2.23. The predicted molar refractivity (Wildman–Crippen MR) is 65.9 cm³/mol. The van der Waals surface area contributed by atoms with Gasteiger partial charge in [0.05, 0.1) is 17.7 Å². The smallest absolute Gasteiger partial charge is 0.154 e. The Bertz CT molecular complexity index is 563. The lowest BCUT2D eigenvalue weighted by Gasteiger charge is -2.33. The van der Waals surface area contributed by atoms with Crippen LogP contribution in [0.2, 0.25) is 0 Å². The molecule has 2 aromatic rings. The van der Waals surface area contributed by atoms with Crippen molar-refractivity contribution in [1.29, 1.82) is 0 Å². The zero-order chi connectivity index (χ0) is 12.0. The van der Waals surface area contributed by atoms with E-state index >= 15 is 0 Å². The molecule has 2 N–H and O–H groups in total. The second-order valence-electron chi connectivity index (χ2n) is 4.70. The summed E-state index contributed by atoms with van der Waals surface area (Å²) in [4.78, 5) is 8.54. The second kappa shape index (κ2) is 3.70. The molecule has 1 aliphatic rings. The number of anilines is 1. The molecule has 0 aliphatic heterocycles. The first-order valence-corrected chi connectivity index (χ1v) is 5.88. The Morgan fingerprint density at radius 3 is 2.88 bits per heavy atom. The van der Waals surface area contributed by atoms with Gasteiger partial charge in [0.15, 0.2) is 5.82 Å². The number of aromatic nitrogens is 3. The summed E-state index contributed by atoms with van der Waals surface area (Å²) in [6.07, 6.45) is 3.19. The van der Waals surface area contributed by atoms with Crippen molar-refractivity contribution in [1.82, 2.24) is 14.5 Å². The van der Waals surface area contributed by atoms with Gasteiger partial charge in [-0.2, -0.15) is 0 Å². The number of nitrogens with zero attached hydrogens (tertiary/aromatic N) is 3. The summed E-state index contributed by atoms with van der Waals surface area (Å²) in [5.41, 5.74) is 3.10. The average Bonchev–Trinajstić information content (AvgIpc) is 2.61. The standard InChI is InChI=1S/C12H16N4O/c1-7-5-9-11(16(7)2)12(14-6-13-9)15-8-3-4-10(8)17/h5-6,8,10,17H,3-4H2,1-2H3,(H,13,14,15). The van der Waals surface area contributed by atoms with Crippen LogP contribution in [0.4, 0.5) is 5.82 Å². The summed E-state index contributed by atoms with van der Waals surface area (Å²) in [7, 11) is 2.00. The third kappa shape index (κ3) is 1.58. The number of rotatable bonds is 2. The van der Waals surface area contributed by atoms with Crippen LogP contribution in [0.1, 0.15) is 18.5 Å². The minimum absolute atomic E-state index is 0.128. The molecule has 0 radical (unpaired) electrons. The quantitative estimate of drug-likeness (QED) is 0.817. The van der Waals surface area contributed by atoms with Crippen LogP contribution in [0, 0.1) is 6.92 Å². The van der Waals surface area contributed by atoms with Gasteiger partial charge in [0, 0.05) is 12.7 Å². The van der Waals surface area contributed by atoms with E-state index in [4.69, 9.17) is 0 Å². The van der Waals surface area contributed by atoms with Crippen molar-refractivity contribution >= 4 is 16.9 Å². The fraction of sp³-hybridized carbons (Fsp3) is 0.500. The van der Waals surface area contributed by atoms with Crippen molar-refractivity contribution in [3.63, 3.8) is 0 Å². The van der Waals surface area contributed by atoms with Crippen LogP contribution in [0.25, 0.3) is 11.0 Å². The minimum Gasteiger partial charge on any atom is -0.391 e. The summed E-state index contributed by atoms with van der Waals surface area (Å²) in [6.45, 7) is 2.05. The highest BCUT2D eigenvalue weighted by atomic mass is 16.3. The van der Waals surface area contributed by atoms with Crippen LogP contribution in [-0.4, -0.2) is 31.8 Å². The first kappa shape index (κ1) is 10.5. The van der Waals surface area contributed by atoms with Gasteiger partial charge in [-0.3, -0.25) is 0 Å². The van der Waals surface area contributed by atoms with E-state index < -0.39 is 0 Å². The third-order valence-corrected chi connectivity index (χ3v) is 3.62. The first-order chi connectivity index (χ1) is 8.16. The summed E-state index contributed by atoms with van der Waals surface area (Å²) < 4.78 is 2.07. The predicted octanol–water partition coefficient (Wildman–Crippen LogP) is 1.21. The Kier molecular flexibility index (Phi) is 2.29. The monoisotopic (exact) mass is 232 g/mol. The molecule has 2 aromatic heterocycles. The van der Waals surface area contributed by atoms with Gasteiger partial charge in [-0.15, -0.1) is 0 Å². The maximum absolute atomic E-state index is 9.60. The van der Waals surface area contributed by atoms with Crippen molar-refractivity contribution in [3.8, 4) is 0 Å². The highest BCUT2D eigenvalue weighted by Crippen LogP contribution is 2.27. The van der Waals surface area contributed by atoms with E-state index in [-0.39, 0.29) is 12.1 Å². The SMILES string of the molecule is Cc1cc2ncnc(NC3CCC3O)c2n1C. The number of aryl methyl sites for hydroxylation is 2. The van der Waals surface area contributed by atoms with Gasteiger partial charge in [0.25, 0.3) is 0 Å². The Labute approximate surface area is 99.5 Å². The topological polar surface area (TPSA) is 63.0 Å². The summed E-state index contributed by atoms with van der Waals surface area (Å²) in [5, 5.41) is 12.9. The molecular weight excluding hydrogens is 216 g/mol. The van der Waals surface area contributed by atoms with E-state index in [1.54, 1.807) is 6.33 Å². The van der Waals surface area contributed by atoms with E-state index in [9.17, 15) is 5.11 Å². The molecule has 5 heteroatoms. The number of hydrogen-bond acceptors (Lipinski definition) is 4. The molecule has 1 saturated carbocycles. The van der Waals surface area contributed by atoms with Crippen LogP contribution in [0.3, 0.4) is 0 Å². The van der Waals surface area contributed by atoms with Crippen LogP contribution in [0.5, 0.6) is 0 Å². The van der Waals surface area contributed by atoms with E-state index in [1.165, 1.54) is 0 Å². The van der Waals surface area contributed by atoms with E-state index in [0.717, 1.165) is 35.4 Å². The molecule has 17 heavy (non-hydrogen) atoms. The Morgan fingerprint density at radius 2 is 2.24 bits per heavy atom. The van der Waals surface area contributed by atoms with Gasteiger partial charge in [0.1, 0.15) is 11.8 Å². The molecule has 0 aromatic carbocycles. The molecule has 2 atom stereocenters. The van der Waals surface area contributed by atoms with Gasteiger partial charge in [-0.1, -0.05) is 0 Å². The molecule has 2 unspecified atom stereocenters. The molecule has 2 heterocycles. The molecule has 1 aliphatic carbocycles. The molecule has 0 spiro atoms. The Balaban J connectivity index is 2.03. The zero-order valence-corrected chi connectivity index (χ0v) is 10.0. The van der Waals surface area contributed by atoms with Gasteiger partial charge >= 0.3 is 0 Å². The summed E-state index contributed by atoms with van der Waals surface area (Å²) >= 11 is 0. The highest BCUT2D eigenvalue weighted by Gasteiger charge is 2.29. The van der Waals surface area contributed by atoms with Crippen molar-refractivity contribution in [3.05, 3.63) is 18.1 Å². The lowest BCUT2D eigenvalue weighted by Crippen LogP contribution is -2.43. The van der Waals surface area contributed by atoms with Gasteiger partial charge in [0.2, 0.25) is 0 Å².